The van der Waals surface area contributed by atoms with E-state index in [4.69, 9.17) is 15.8 Å². The molecule has 0 N–H and O–H groups in total. The molecule has 34 heavy (non-hydrogen) atoms. The summed E-state index contributed by atoms with van der Waals surface area (Å²) in [6.45, 7) is 1.88. The Morgan fingerprint density at radius 3 is 2.47 bits per heavy atom. The van der Waals surface area contributed by atoms with Gasteiger partial charge in [0, 0.05) is 15.1 Å². The lowest BCUT2D eigenvalue weighted by molar-refractivity contribution is -0.123. The van der Waals surface area contributed by atoms with Crippen LogP contribution in [-0.2, 0) is 21.5 Å². The van der Waals surface area contributed by atoms with Crippen LogP contribution < -0.4 is 4.18 Å². The molecule has 10 heteroatoms. The van der Waals surface area contributed by atoms with Gasteiger partial charge in [-0.2, -0.15) is 8.42 Å². The molecule has 6 nitrogen and oxygen atoms in total. The van der Waals surface area contributed by atoms with E-state index in [0.29, 0.717) is 20.6 Å². The third-order valence-corrected chi connectivity index (χ3v) is 7.95. The number of rotatable bonds is 6. The summed E-state index contributed by atoms with van der Waals surface area (Å²) in [4.78, 5) is 26.8. The molecule has 0 saturated carbocycles. The molecule has 1 saturated heterocycles. The van der Waals surface area contributed by atoms with Crippen LogP contribution >= 0.6 is 39.3 Å². The van der Waals surface area contributed by atoms with Gasteiger partial charge in [-0.1, -0.05) is 63.4 Å². The van der Waals surface area contributed by atoms with Crippen molar-refractivity contribution in [2.45, 2.75) is 18.4 Å². The van der Waals surface area contributed by atoms with Crippen molar-refractivity contribution < 1.29 is 22.2 Å². The lowest BCUT2D eigenvalue weighted by Crippen LogP contribution is -2.27. The number of aryl methyl sites for hydroxylation is 1. The van der Waals surface area contributed by atoms with Crippen molar-refractivity contribution in [3.63, 3.8) is 0 Å². The van der Waals surface area contributed by atoms with Crippen LogP contribution in [0, 0.1) is 6.92 Å². The summed E-state index contributed by atoms with van der Waals surface area (Å²) < 4.78 is 31.6. The smallest absolute Gasteiger partial charge is 0.339 e. The normalized spacial score (nSPS) is 15.3. The first-order chi connectivity index (χ1) is 16.1. The Morgan fingerprint density at radius 1 is 1.06 bits per heavy atom. The third kappa shape index (κ3) is 5.38. The first-order valence-electron chi connectivity index (χ1n) is 9.93. The van der Waals surface area contributed by atoms with E-state index in [0.717, 1.165) is 22.2 Å². The molecule has 0 bridgehead atoms. The van der Waals surface area contributed by atoms with Crippen molar-refractivity contribution in [1.29, 1.82) is 0 Å². The van der Waals surface area contributed by atoms with Gasteiger partial charge in [-0.3, -0.25) is 14.5 Å². The Labute approximate surface area is 214 Å². The fourth-order valence-electron chi connectivity index (χ4n) is 3.15. The molecule has 3 aromatic rings. The summed E-state index contributed by atoms with van der Waals surface area (Å²) in [5, 5.41) is 0.00966. The SMILES string of the molecule is Cc1ccc(S(=O)(=O)Oc2ccc(Br)cc2/C=C2\SC(=O)N(Cc3ccccc3Cl)C2=O)cc1. The maximum atomic E-state index is 13.0. The van der Waals surface area contributed by atoms with Crippen LogP contribution in [-0.4, -0.2) is 24.5 Å². The van der Waals surface area contributed by atoms with E-state index >= 15 is 0 Å². The Kier molecular flexibility index (Phi) is 7.18. The van der Waals surface area contributed by atoms with Crippen LogP contribution in [0.1, 0.15) is 16.7 Å². The van der Waals surface area contributed by atoms with Gasteiger partial charge < -0.3 is 4.18 Å². The lowest BCUT2D eigenvalue weighted by atomic mass is 10.2. The number of imide groups is 1. The van der Waals surface area contributed by atoms with Crippen molar-refractivity contribution in [2.75, 3.05) is 0 Å². The Bertz CT molecular complexity index is 1420. The number of amides is 2. The van der Waals surface area contributed by atoms with Gasteiger partial charge in [0.05, 0.1) is 11.4 Å². The standard InChI is InChI=1S/C24H17BrClNO5S2/c1-15-6-9-19(10-7-15)34(30,31)32-21-11-8-18(25)12-17(21)13-22-23(28)27(24(29)33-22)14-16-4-2-3-5-20(16)26/h2-13H,14H2,1H3/b22-13-. The quantitative estimate of drug-likeness (QED) is 0.248. The molecule has 174 valence electrons. The minimum Gasteiger partial charge on any atom is -0.378 e. The second-order valence-electron chi connectivity index (χ2n) is 7.39. The fourth-order valence-corrected chi connectivity index (χ4v) is 5.51. The molecule has 1 fully saturated rings. The second kappa shape index (κ2) is 9.95. The topological polar surface area (TPSA) is 80.8 Å². The van der Waals surface area contributed by atoms with E-state index in [-0.39, 0.29) is 22.1 Å². The van der Waals surface area contributed by atoms with E-state index in [2.05, 4.69) is 15.9 Å². The monoisotopic (exact) mass is 577 g/mol. The maximum Gasteiger partial charge on any atom is 0.339 e. The zero-order chi connectivity index (χ0) is 24.5. The molecule has 1 aliphatic rings. The lowest BCUT2D eigenvalue weighted by Gasteiger charge is -2.13. The zero-order valence-electron chi connectivity index (χ0n) is 17.7. The van der Waals surface area contributed by atoms with Gasteiger partial charge in [0.25, 0.3) is 11.1 Å². The predicted octanol–water partition coefficient (Wildman–Crippen LogP) is 6.42. The van der Waals surface area contributed by atoms with Crippen molar-refractivity contribution in [3.05, 3.63) is 97.8 Å². The van der Waals surface area contributed by atoms with Crippen molar-refractivity contribution in [3.8, 4) is 5.75 Å². The first kappa shape index (κ1) is 24.5. The molecule has 1 aliphatic heterocycles. The van der Waals surface area contributed by atoms with Crippen molar-refractivity contribution in [1.82, 2.24) is 4.90 Å². The zero-order valence-corrected chi connectivity index (χ0v) is 21.7. The number of carbonyl (C=O) groups excluding carboxylic acids is 2. The fraction of sp³-hybridized carbons (Fsp3) is 0.0833. The Morgan fingerprint density at radius 2 is 1.76 bits per heavy atom. The average Bonchev–Trinajstić information content (AvgIpc) is 3.04. The van der Waals surface area contributed by atoms with E-state index in [1.165, 1.54) is 24.3 Å². The molecule has 0 radical (unpaired) electrons. The molecule has 0 aromatic heterocycles. The van der Waals surface area contributed by atoms with Crippen LogP contribution in [0.5, 0.6) is 5.75 Å². The molecule has 2 amide bonds. The van der Waals surface area contributed by atoms with Crippen molar-refractivity contribution >= 4 is 66.6 Å². The minimum absolute atomic E-state index is 0.00651. The third-order valence-electron chi connectivity index (χ3n) is 4.93. The number of thioether (sulfide) groups is 1. The van der Waals surface area contributed by atoms with Gasteiger partial charge in [0.1, 0.15) is 10.6 Å². The first-order valence-corrected chi connectivity index (χ1v) is 13.3. The number of nitrogens with zero attached hydrogens (tertiary/aromatic N) is 1. The molecule has 0 spiro atoms. The number of benzene rings is 3. The molecule has 1 heterocycles. The van der Waals surface area contributed by atoms with Crippen LogP contribution in [0.4, 0.5) is 4.79 Å². The summed E-state index contributed by atoms with van der Waals surface area (Å²) >= 11 is 10.3. The highest BCUT2D eigenvalue weighted by molar-refractivity contribution is 9.10. The molecular formula is C24H17BrClNO5S2. The summed E-state index contributed by atoms with van der Waals surface area (Å²) in [5.41, 5.74) is 1.88. The molecule has 3 aromatic carbocycles. The van der Waals surface area contributed by atoms with E-state index < -0.39 is 21.3 Å². The van der Waals surface area contributed by atoms with E-state index in [9.17, 15) is 18.0 Å². The number of carbonyl (C=O) groups is 2. The van der Waals surface area contributed by atoms with Crippen LogP contribution in [0.15, 0.2) is 81.0 Å². The van der Waals surface area contributed by atoms with Gasteiger partial charge in [-0.05, 0) is 66.7 Å². The molecule has 0 unspecified atom stereocenters. The van der Waals surface area contributed by atoms with Crippen LogP contribution in [0.3, 0.4) is 0 Å². The van der Waals surface area contributed by atoms with Crippen LogP contribution in [0.2, 0.25) is 5.02 Å². The van der Waals surface area contributed by atoms with Crippen LogP contribution in [0.25, 0.3) is 6.08 Å². The second-order valence-corrected chi connectivity index (χ2v) is 11.3. The van der Waals surface area contributed by atoms with Gasteiger partial charge >= 0.3 is 10.1 Å². The summed E-state index contributed by atoms with van der Waals surface area (Å²) in [6.07, 6.45) is 1.45. The number of halogens is 2. The van der Waals surface area contributed by atoms with Gasteiger partial charge in [0.2, 0.25) is 0 Å². The molecular weight excluding hydrogens is 562 g/mol. The predicted molar refractivity (Wildman–Crippen MR) is 136 cm³/mol. The van der Waals surface area contributed by atoms with E-state index in [1.54, 1.807) is 48.5 Å². The summed E-state index contributed by atoms with van der Waals surface area (Å²) in [6, 6.07) is 18.0. The van der Waals surface area contributed by atoms with E-state index in [1.807, 2.05) is 6.92 Å². The van der Waals surface area contributed by atoms with Crippen molar-refractivity contribution in [2.24, 2.45) is 0 Å². The Balaban J connectivity index is 1.63. The largest absolute Gasteiger partial charge is 0.378 e. The number of hydrogen-bond donors (Lipinski definition) is 0. The average molecular weight is 579 g/mol. The summed E-state index contributed by atoms with van der Waals surface area (Å²) in [7, 11) is -4.11. The van der Waals surface area contributed by atoms with Gasteiger partial charge in [0.15, 0.2) is 0 Å². The highest BCUT2D eigenvalue weighted by Gasteiger charge is 2.35. The summed E-state index contributed by atoms with van der Waals surface area (Å²) in [5.74, 6) is -0.469. The highest BCUT2D eigenvalue weighted by atomic mass is 79.9. The molecule has 4 rings (SSSR count). The molecule has 0 aliphatic carbocycles. The van der Waals surface area contributed by atoms with Gasteiger partial charge in [-0.15, -0.1) is 0 Å². The molecule has 0 atom stereocenters. The number of hydrogen-bond acceptors (Lipinski definition) is 6. The highest BCUT2D eigenvalue weighted by Crippen LogP contribution is 2.36. The minimum atomic E-state index is -4.11. The Hall–Kier alpha value is -2.59. The van der Waals surface area contributed by atoms with Gasteiger partial charge in [-0.25, -0.2) is 0 Å². The maximum absolute atomic E-state index is 13.0.